The van der Waals surface area contributed by atoms with Crippen molar-refractivity contribution < 1.29 is 4.79 Å². The molecule has 0 unspecified atom stereocenters. The van der Waals surface area contributed by atoms with Gasteiger partial charge < -0.3 is 10.6 Å². The van der Waals surface area contributed by atoms with E-state index in [1.165, 1.54) is 15.7 Å². The fourth-order valence-corrected chi connectivity index (χ4v) is 1.71. The average molecular weight is 268 g/mol. The highest BCUT2D eigenvalue weighted by Gasteiger charge is 2.10. The predicted molar refractivity (Wildman–Crippen MR) is 73.0 cm³/mol. The zero-order valence-corrected chi connectivity index (χ0v) is 11.5. The van der Waals surface area contributed by atoms with Gasteiger partial charge in [-0.05, 0) is 13.3 Å². The number of hydrogen-bond acceptors (Lipinski definition) is 4. The predicted octanol–water partition coefficient (Wildman–Crippen LogP) is -0.519. The normalized spacial score (nSPS) is 10.5. The van der Waals surface area contributed by atoms with Gasteiger partial charge >= 0.3 is 5.69 Å². The van der Waals surface area contributed by atoms with E-state index in [1.54, 1.807) is 21.0 Å². The maximum Gasteiger partial charge on any atom is 0.331 e. The third kappa shape index (κ3) is 3.46. The highest BCUT2D eigenvalue weighted by atomic mass is 16.2. The molecule has 0 radical (unpaired) electrons. The minimum atomic E-state index is -0.494. The Morgan fingerprint density at radius 2 is 2.00 bits per heavy atom. The van der Waals surface area contributed by atoms with Crippen LogP contribution < -0.4 is 17.0 Å². The second-order valence-electron chi connectivity index (χ2n) is 4.50. The van der Waals surface area contributed by atoms with E-state index in [0.29, 0.717) is 19.4 Å². The summed E-state index contributed by atoms with van der Waals surface area (Å²) >= 11 is 0. The first-order valence-corrected chi connectivity index (χ1v) is 6.18. The van der Waals surface area contributed by atoms with Crippen LogP contribution in [0.4, 0.5) is 5.69 Å². The molecule has 2 N–H and O–H groups in total. The first kappa shape index (κ1) is 15.0. The van der Waals surface area contributed by atoms with Crippen LogP contribution >= 0.6 is 0 Å². The van der Waals surface area contributed by atoms with Crippen molar-refractivity contribution in [3.05, 3.63) is 27.0 Å². The number of anilines is 1. The quantitative estimate of drug-likeness (QED) is 0.778. The van der Waals surface area contributed by atoms with E-state index < -0.39 is 5.56 Å². The standard InChI is InChI=1S/C12H20N4O3/c1-4-15-8-9(13)11(18)16(12(15)19)7-5-6-10(17)14(2)3/h8H,4-7,13H2,1-3H3. The van der Waals surface area contributed by atoms with E-state index >= 15 is 0 Å². The molecule has 0 bridgehead atoms. The first-order chi connectivity index (χ1) is 8.88. The maximum absolute atomic E-state index is 12.0. The molecule has 0 aliphatic rings. The van der Waals surface area contributed by atoms with Crippen LogP contribution in [-0.4, -0.2) is 34.0 Å². The maximum atomic E-state index is 12.0. The fraction of sp³-hybridized carbons (Fsp3) is 0.583. The Labute approximate surface area is 111 Å². The van der Waals surface area contributed by atoms with Crippen molar-refractivity contribution in [1.82, 2.24) is 14.0 Å². The zero-order chi connectivity index (χ0) is 14.6. The molecule has 0 fully saturated rings. The molecule has 7 heteroatoms. The van der Waals surface area contributed by atoms with E-state index in [0.717, 1.165) is 4.57 Å². The molecule has 0 aromatic carbocycles. The van der Waals surface area contributed by atoms with Crippen molar-refractivity contribution >= 4 is 11.6 Å². The smallest absolute Gasteiger partial charge is 0.331 e. The van der Waals surface area contributed by atoms with Crippen LogP contribution in [-0.2, 0) is 17.9 Å². The highest BCUT2D eigenvalue weighted by molar-refractivity contribution is 5.75. The van der Waals surface area contributed by atoms with Gasteiger partial charge in [-0.3, -0.25) is 18.7 Å². The molecule has 1 heterocycles. The first-order valence-electron chi connectivity index (χ1n) is 6.18. The molecule has 0 spiro atoms. The second-order valence-corrected chi connectivity index (χ2v) is 4.50. The number of aryl methyl sites for hydroxylation is 1. The molecule has 0 saturated carbocycles. The van der Waals surface area contributed by atoms with Crippen LogP contribution in [0.3, 0.4) is 0 Å². The number of aromatic nitrogens is 2. The fourth-order valence-electron chi connectivity index (χ4n) is 1.71. The molecule has 1 amide bonds. The molecule has 106 valence electrons. The van der Waals surface area contributed by atoms with Crippen molar-refractivity contribution in [3.8, 4) is 0 Å². The number of nitrogens with two attached hydrogens (primary N) is 1. The molecule has 1 aromatic rings. The van der Waals surface area contributed by atoms with Gasteiger partial charge in [0.05, 0.1) is 0 Å². The van der Waals surface area contributed by atoms with Crippen molar-refractivity contribution in [2.75, 3.05) is 19.8 Å². The van der Waals surface area contributed by atoms with E-state index in [4.69, 9.17) is 5.73 Å². The van der Waals surface area contributed by atoms with Gasteiger partial charge in [0.15, 0.2) is 0 Å². The summed E-state index contributed by atoms with van der Waals surface area (Å²) in [6, 6.07) is 0. The molecule has 1 aromatic heterocycles. The summed E-state index contributed by atoms with van der Waals surface area (Å²) in [6.07, 6.45) is 2.07. The Morgan fingerprint density at radius 1 is 1.37 bits per heavy atom. The molecule has 1 rings (SSSR count). The average Bonchev–Trinajstić information content (AvgIpc) is 2.37. The Kier molecular flexibility index (Phi) is 4.91. The van der Waals surface area contributed by atoms with Crippen molar-refractivity contribution in [1.29, 1.82) is 0 Å². The van der Waals surface area contributed by atoms with E-state index in [1.807, 2.05) is 0 Å². The Morgan fingerprint density at radius 3 is 2.53 bits per heavy atom. The zero-order valence-electron chi connectivity index (χ0n) is 11.5. The Hall–Kier alpha value is -2.05. The number of rotatable bonds is 5. The lowest BCUT2D eigenvalue weighted by Gasteiger charge is -2.12. The third-order valence-corrected chi connectivity index (χ3v) is 2.88. The number of nitrogen functional groups attached to an aromatic ring is 1. The molecule has 0 atom stereocenters. The SMILES string of the molecule is CCn1cc(N)c(=O)n(CCCC(=O)N(C)C)c1=O. The highest BCUT2D eigenvalue weighted by Crippen LogP contribution is 1.96. The van der Waals surface area contributed by atoms with Crippen LogP contribution in [0.25, 0.3) is 0 Å². The van der Waals surface area contributed by atoms with Gasteiger partial charge in [0.1, 0.15) is 5.69 Å². The Bertz CT molecular complexity index is 571. The summed E-state index contributed by atoms with van der Waals surface area (Å²) in [5, 5.41) is 0. The van der Waals surface area contributed by atoms with Gasteiger partial charge in [-0.25, -0.2) is 4.79 Å². The topological polar surface area (TPSA) is 90.3 Å². The van der Waals surface area contributed by atoms with Gasteiger partial charge in [-0.1, -0.05) is 0 Å². The summed E-state index contributed by atoms with van der Waals surface area (Å²) in [7, 11) is 3.33. The summed E-state index contributed by atoms with van der Waals surface area (Å²) in [5.74, 6) is -0.0345. The number of hydrogen-bond donors (Lipinski definition) is 1. The lowest BCUT2D eigenvalue weighted by molar-refractivity contribution is -0.128. The van der Waals surface area contributed by atoms with Crippen LogP contribution in [0.2, 0.25) is 0 Å². The molecule has 0 aliphatic carbocycles. The summed E-state index contributed by atoms with van der Waals surface area (Å²) in [4.78, 5) is 36.7. The van der Waals surface area contributed by atoms with E-state index in [9.17, 15) is 14.4 Å². The lowest BCUT2D eigenvalue weighted by atomic mass is 10.3. The van der Waals surface area contributed by atoms with Crippen LogP contribution in [0.15, 0.2) is 15.8 Å². The number of carbonyl (C=O) groups is 1. The minimum absolute atomic E-state index is 0.0345. The molecule has 0 saturated heterocycles. The van der Waals surface area contributed by atoms with Gasteiger partial charge in [0.2, 0.25) is 5.91 Å². The monoisotopic (exact) mass is 268 g/mol. The van der Waals surface area contributed by atoms with Crippen LogP contribution in [0, 0.1) is 0 Å². The van der Waals surface area contributed by atoms with Gasteiger partial charge in [0.25, 0.3) is 5.56 Å². The Balaban J connectivity index is 2.90. The second kappa shape index (κ2) is 6.21. The summed E-state index contributed by atoms with van der Waals surface area (Å²) in [6.45, 7) is 2.44. The van der Waals surface area contributed by atoms with Gasteiger partial charge in [-0.15, -0.1) is 0 Å². The molecular weight excluding hydrogens is 248 g/mol. The van der Waals surface area contributed by atoms with Gasteiger partial charge in [0, 0.05) is 39.8 Å². The molecular formula is C12H20N4O3. The van der Waals surface area contributed by atoms with Gasteiger partial charge in [-0.2, -0.15) is 0 Å². The summed E-state index contributed by atoms with van der Waals surface area (Å²) < 4.78 is 2.46. The van der Waals surface area contributed by atoms with Crippen LogP contribution in [0.1, 0.15) is 19.8 Å². The third-order valence-electron chi connectivity index (χ3n) is 2.88. The summed E-state index contributed by atoms with van der Waals surface area (Å²) in [5.41, 5.74) is 4.74. The number of carbonyl (C=O) groups excluding carboxylic acids is 1. The van der Waals surface area contributed by atoms with Crippen molar-refractivity contribution in [2.45, 2.75) is 32.9 Å². The van der Waals surface area contributed by atoms with E-state index in [2.05, 4.69) is 0 Å². The largest absolute Gasteiger partial charge is 0.393 e. The van der Waals surface area contributed by atoms with E-state index in [-0.39, 0.29) is 23.8 Å². The van der Waals surface area contributed by atoms with Crippen molar-refractivity contribution in [3.63, 3.8) is 0 Å². The number of amides is 1. The molecule has 19 heavy (non-hydrogen) atoms. The number of nitrogens with zero attached hydrogens (tertiary/aromatic N) is 3. The molecule has 0 aliphatic heterocycles. The lowest BCUT2D eigenvalue weighted by Crippen LogP contribution is -2.40. The minimum Gasteiger partial charge on any atom is -0.393 e. The molecule has 7 nitrogen and oxygen atoms in total. The van der Waals surface area contributed by atoms with Crippen LogP contribution in [0.5, 0.6) is 0 Å². The van der Waals surface area contributed by atoms with Crippen molar-refractivity contribution in [2.24, 2.45) is 0 Å².